The molecule has 0 fully saturated rings. The van der Waals surface area contributed by atoms with Gasteiger partial charge in [-0.05, 0) is 55.1 Å². The SMILES string of the molecule is CSc1ccc(NC(=O)C(C)Nc2cccc(CO)c2)cc1. The molecule has 0 radical (unpaired) electrons. The Labute approximate surface area is 134 Å². The predicted octanol–water partition coefficient (Wildman–Crippen LogP) is 3.34. The van der Waals surface area contributed by atoms with E-state index in [1.807, 2.05) is 54.8 Å². The number of carbonyl (C=O) groups is 1. The highest BCUT2D eigenvalue weighted by atomic mass is 32.2. The molecule has 0 saturated heterocycles. The fourth-order valence-corrected chi connectivity index (χ4v) is 2.41. The second-order valence-corrected chi connectivity index (χ2v) is 5.82. The fourth-order valence-electron chi connectivity index (χ4n) is 2.00. The van der Waals surface area contributed by atoms with Crippen LogP contribution in [0.4, 0.5) is 11.4 Å². The van der Waals surface area contributed by atoms with Gasteiger partial charge in [0, 0.05) is 16.3 Å². The molecule has 0 aliphatic rings. The van der Waals surface area contributed by atoms with Crippen molar-refractivity contribution in [1.82, 2.24) is 0 Å². The zero-order valence-electron chi connectivity index (χ0n) is 12.7. The molecule has 0 bridgehead atoms. The van der Waals surface area contributed by atoms with E-state index in [9.17, 15) is 4.79 Å². The van der Waals surface area contributed by atoms with Gasteiger partial charge in [-0.15, -0.1) is 11.8 Å². The molecular weight excluding hydrogens is 296 g/mol. The number of aliphatic hydroxyl groups is 1. The number of rotatable bonds is 6. The van der Waals surface area contributed by atoms with E-state index >= 15 is 0 Å². The van der Waals surface area contributed by atoms with Crippen LogP contribution in [-0.2, 0) is 11.4 Å². The Morgan fingerprint density at radius 1 is 1.18 bits per heavy atom. The molecule has 0 aliphatic carbocycles. The largest absolute Gasteiger partial charge is 0.392 e. The highest BCUT2D eigenvalue weighted by Gasteiger charge is 2.12. The predicted molar refractivity (Wildman–Crippen MR) is 92.3 cm³/mol. The van der Waals surface area contributed by atoms with Gasteiger partial charge in [0.25, 0.3) is 0 Å². The minimum atomic E-state index is -0.380. The lowest BCUT2D eigenvalue weighted by atomic mass is 10.2. The molecule has 0 heterocycles. The van der Waals surface area contributed by atoms with Crippen LogP contribution in [0.1, 0.15) is 12.5 Å². The Kier molecular flexibility index (Phi) is 5.86. The van der Waals surface area contributed by atoms with Gasteiger partial charge in [-0.3, -0.25) is 4.79 Å². The normalized spacial score (nSPS) is 11.8. The van der Waals surface area contributed by atoms with Crippen LogP contribution < -0.4 is 10.6 Å². The van der Waals surface area contributed by atoms with Gasteiger partial charge < -0.3 is 15.7 Å². The summed E-state index contributed by atoms with van der Waals surface area (Å²) >= 11 is 1.66. The molecule has 0 spiro atoms. The maximum Gasteiger partial charge on any atom is 0.246 e. The quantitative estimate of drug-likeness (QED) is 0.715. The van der Waals surface area contributed by atoms with Crippen molar-refractivity contribution in [3.63, 3.8) is 0 Å². The lowest BCUT2D eigenvalue weighted by Crippen LogP contribution is -2.31. The highest BCUT2D eigenvalue weighted by Crippen LogP contribution is 2.18. The monoisotopic (exact) mass is 316 g/mol. The van der Waals surface area contributed by atoms with Crippen LogP contribution >= 0.6 is 11.8 Å². The number of thioether (sulfide) groups is 1. The van der Waals surface area contributed by atoms with E-state index in [-0.39, 0.29) is 18.6 Å². The van der Waals surface area contributed by atoms with Crippen molar-refractivity contribution in [2.24, 2.45) is 0 Å². The van der Waals surface area contributed by atoms with E-state index in [0.717, 1.165) is 21.8 Å². The van der Waals surface area contributed by atoms with Crippen LogP contribution in [0.2, 0.25) is 0 Å². The molecule has 1 atom stereocenters. The summed E-state index contributed by atoms with van der Waals surface area (Å²) in [6, 6.07) is 14.7. The molecule has 22 heavy (non-hydrogen) atoms. The molecule has 1 amide bonds. The van der Waals surface area contributed by atoms with Crippen LogP contribution in [0, 0.1) is 0 Å². The Bertz CT molecular complexity index is 629. The molecule has 0 aliphatic heterocycles. The topological polar surface area (TPSA) is 61.4 Å². The lowest BCUT2D eigenvalue weighted by Gasteiger charge is -2.16. The van der Waals surface area contributed by atoms with Crippen molar-refractivity contribution in [3.05, 3.63) is 54.1 Å². The minimum Gasteiger partial charge on any atom is -0.392 e. The third-order valence-electron chi connectivity index (χ3n) is 3.24. The smallest absolute Gasteiger partial charge is 0.246 e. The van der Waals surface area contributed by atoms with Crippen LogP contribution in [0.15, 0.2) is 53.4 Å². The van der Waals surface area contributed by atoms with Gasteiger partial charge in [-0.1, -0.05) is 12.1 Å². The Morgan fingerprint density at radius 2 is 1.91 bits per heavy atom. The first-order chi connectivity index (χ1) is 10.6. The van der Waals surface area contributed by atoms with Gasteiger partial charge >= 0.3 is 0 Å². The molecular formula is C17H20N2O2S. The first-order valence-electron chi connectivity index (χ1n) is 7.03. The van der Waals surface area contributed by atoms with Crippen LogP contribution in [-0.4, -0.2) is 23.3 Å². The van der Waals surface area contributed by atoms with Crippen molar-refractivity contribution in [2.75, 3.05) is 16.9 Å². The second-order valence-electron chi connectivity index (χ2n) is 4.94. The Hall–Kier alpha value is -1.98. The van der Waals surface area contributed by atoms with Crippen LogP contribution in [0.5, 0.6) is 0 Å². The molecule has 0 aromatic heterocycles. The molecule has 4 nitrogen and oxygen atoms in total. The summed E-state index contributed by atoms with van der Waals surface area (Å²) in [5.41, 5.74) is 2.40. The summed E-state index contributed by atoms with van der Waals surface area (Å²) < 4.78 is 0. The van der Waals surface area contributed by atoms with E-state index in [0.29, 0.717) is 0 Å². The average Bonchev–Trinajstić information content (AvgIpc) is 2.55. The van der Waals surface area contributed by atoms with E-state index in [4.69, 9.17) is 5.11 Å². The third-order valence-corrected chi connectivity index (χ3v) is 3.99. The highest BCUT2D eigenvalue weighted by molar-refractivity contribution is 7.98. The molecule has 116 valence electrons. The van der Waals surface area contributed by atoms with Crippen molar-refractivity contribution in [1.29, 1.82) is 0 Å². The standard InChI is InChI=1S/C17H20N2O2S/c1-12(18-15-5-3-4-13(10-15)11-20)17(21)19-14-6-8-16(22-2)9-7-14/h3-10,12,18,20H,11H2,1-2H3,(H,19,21). The number of amides is 1. The van der Waals surface area contributed by atoms with E-state index in [2.05, 4.69) is 10.6 Å². The van der Waals surface area contributed by atoms with Gasteiger partial charge in [-0.25, -0.2) is 0 Å². The summed E-state index contributed by atoms with van der Waals surface area (Å²) in [5.74, 6) is -0.105. The molecule has 0 saturated carbocycles. The molecule has 2 aromatic rings. The number of nitrogens with one attached hydrogen (secondary N) is 2. The van der Waals surface area contributed by atoms with Crippen molar-refractivity contribution < 1.29 is 9.90 Å². The third kappa shape index (κ3) is 4.51. The van der Waals surface area contributed by atoms with E-state index in [1.54, 1.807) is 18.7 Å². The summed E-state index contributed by atoms with van der Waals surface area (Å²) in [5, 5.41) is 15.1. The lowest BCUT2D eigenvalue weighted by molar-refractivity contribution is -0.116. The first-order valence-corrected chi connectivity index (χ1v) is 8.26. The van der Waals surface area contributed by atoms with Gasteiger partial charge in [0.05, 0.1) is 6.61 Å². The number of aliphatic hydroxyl groups excluding tert-OH is 1. The van der Waals surface area contributed by atoms with Gasteiger partial charge in [0.2, 0.25) is 5.91 Å². The maximum absolute atomic E-state index is 12.2. The van der Waals surface area contributed by atoms with Crippen LogP contribution in [0.3, 0.4) is 0 Å². The Balaban J connectivity index is 1.96. The van der Waals surface area contributed by atoms with Crippen molar-refractivity contribution >= 4 is 29.0 Å². The maximum atomic E-state index is 12.2. The summed E-state index contributed by atoms with van der Waals surface area (Å²) in [7, 11) is 0. The van der Waals surface area contributed by atoms with Crippen molar-refractivity contribution in [2.45, 2.75) is 24.5 Å². The van der Waals surface area contributed by atoms with E-state index < -0.39 is 0 Å². The molecule has 2 aromatic carbocycles. The van der Waals surface area contributed by atoms with Gasteiger partial charge in [-0.2, -0.15) is 0 Å². The number of benzene rings is 2. The number of hydrogen-bond acceptors (Lipinski definition) is 4. The second kappa shape index (κ2) is 7.87. The summed E-state index contributed by atoms with van der Waals surface area (Å²) in [6.45, 7) is 1.79. The average molecular weight is 316 g/mol. The van der Waals surface area contributed by atoms with Gasteiger partial charge in [0.15, 0.2) is 0 Å². The molecule has 3 N–H and O–H groups in total. The zero-order chi connectivity index (χ0) is 15.9. The zero-order valence-corrected chi connectivity index (χ0v) is 13.5. The Morgan fingerprint density at radius 3 is 2.55 bits per heavy atom. The summed E-state index contributed by atoms with van der Waals surface area (Å²) in [4.78, 5) is 13.4. The van der Waals surface area contributed by atoms with Crippen LogP contribution in [0.25, 0.3) is 0 Å². The first kappa shape index (κ1) is 16.4. The number of hydrogen-bond donors (Lipinski definition) is 3. The summed E-state index contributed by atoms with van der Waals surface area (Å²) in [6.07, 6.45) is 2.01. The number of carbonyl (C=O) groups excluding carboxylic acids is 1. The number of anilines is 2. The fraction of sp³-hybridized carbons (Fsp3) is 0.235. The van der Waals surface area contributed by atoms with Crippen molar-refractivity contribution in [3.8, 4) is 0 Å². The minimum absolute atomic E-state index is 0.0160. The molecule has 1 unspecified atom stereocenters. The molecule has 5 heteroatoms. The van der Waals surface area contributed by atoms with Gasteiger partial charge in [0.1, 0.15) is 6.04 Å². The van der Waals surface area contributed by atoms with E-state index in [1.165, 1.54) is 0 Å². The molecule has 2 rings (SSSR count).